The van der Waals surface area contributed by atoms with Crippen LogP contribution in [0.5, 0.6) is 11.5 Å². The largest absolute Gasteiger partial charge is 0.496 e. The lowest BCUT2D eigenvalue weighted by Gasteiger charge is -2.22. The van der Waals surface area contributed by atoms with E-state index in [2.05, 4.69) is 10.6 Å². The van der Waals surface area contributed by atoms with Gasteiger partial charge in [0.15, 0.2) is 6.10 Å². The van der Waals surface area contributed by atoms with Crippen molar-refractivity contribution < 1.29 is 19.1 Å². The van der Waals surface area contributed by atoms with E-state index in [4.69, 9.17) is 9.47 Å². The van der Waals surface area contributed by atoms with E-state index in [0.717, 1.165) is 16.9 Å². The number of nitrogens with one attached hydrogen (secondary N) is 2. The molecule has 0 saturated carbocycles. The molecule has 170 valence electrons. The molecule has 0 saturated heterocycles. The number of amides is 3. The second-order valence-corrected chi connectivity index (χ2v) is 7.85. The molecule has 0 bridgehead atoms. The van der Waals surface area contributed by atoms with Crippen molar-refractivity contribution in [2.24, 2.45) is 0 Å². The molecule has 3 aromatic carbocycles. The summed E-state index contributed by atoms with van der Waals surface area (Å²) in [5, 5.41) is 5.64. The third kappa shape index (κ3) is 5.44. The number of carbonyl (C=O) groups is 2. The van der Waals surface area contributed by atoms with Gasteiger partial charge in [-0.1, -0.05) is 36.4 Å². The first-order valence-electron chi connectivity index (χ1n) is 10.9. The number of urea groups is 1. The minimum absolute atomic E-state index is 0.0718. The molecular weight excluding hydrogens is 418 g/mol. The number of methoxy groups -OCH3 is 1. The van der Waals surface area contributed by atoms with Gasteiger partial charge in [0.1, 0.15) is 11.5 Å². The van der Waals surface area contributed by atoms with Crippen LogP contribution in [0.25, 0.3) is 0 Å². The highest BCUT2D eigenvalue weighted by atomic mass is 16.5. The molecule has 7 heteroatoms. The number of hydrogen-bond acceptors (Lipinski definition) is 4. The summed E-state index contributed by atoms with van der Waals surface area (Å²) in [5.41, 5.74) is 3.21. The van der Waals surface area contributed by atoms with Gasteiger partial charge in [0, 0.05) is 30.0 Å². The van der Waals surface area contributed by atoms with Crippen LogP contribution in [-0.4, -0.2) is 36.6 Å². The molecule has 1 atom stereocenters. The van der Waals surface area contributed by atoms with Crippen LogP contribution in [0.3, 0.4) is 0 Å². The number of para-hydroxylation sites is 2. The highest BCUT2D eigenvalue weighted by Crippen LogP contribution is 2.29. The first-order valence-corrected chi connectivity index (χ1v) is 10.9. The Morgan fingerprint density at radius 3 is 2.55 bits per heavy atom. The standard InChI is InChI=1S/C26H27N3O4/c1-18-25(30)29(15-14-19-8-6-7-11-23(19)32-2)17-20-16-22(12-13-24(20)33-18)28-26(31)27-21-9-4-3-5-10-21/h3-13,16,18H,14-15,17H2,1-2H3,(H2,27,28,31). The number of carbonyl (C=O) groups excluding carboxylic acids is 2. The van der Waals surface area contributed by atoms with Crippen LogP contribution in [0.1, 0.15) is 18.1 Å². The summed E-state index contributed by atoms with van der Waals surface area (Å²) < 4.78 is 11.3. The summed E-state index contributed by atoms with van der Waals surface area (Å²) in [6.45, 7) is 2.68. The monoisotopic (exact) mass is 445 g/mol. The van der Waals surface area contributed by atoms with Crippen molar-refractivity contribution >= 4 is 23.3 Å². The molecule has 0 radical (unpaired) electrons. The average molecular weight is 446 g/mol. The van der Waals surface area contributed by atoms with Gasteiger partial charge >= 0.3 is 6.03 Å². The van der Waals surface area contributed by atoms with Gasteiger partial charge in [-0.05, 0) is 55.3 Å². The molecular formula is C26H27N3O4. The van der Waals surface area contributed by atoms with E-state index in [-0.39, 0.29) is 11.9 Å². The minimum atomic E-state index is -0.593. The molecule has 0 spiro atoms. The number of anilines is 2. The van der Waals surface area contributed by atoms with Crippen molar-refractivity contribution in [1.82, 2.24) is 4.90 Å². The lowest BCUT2D eigenvalue weighted by molar-refractivity contribution is -0.137. The average Bonchev–Trinajstić information content (AvgIpc) is 2.94. The van der Waals surface area contributed by atoms with E-state index in [0.29, 0.717) is 36.6 Å². The van der Waals surface area contributed by atoms with Gasteiger partial charge in [0.05, 0.1) is 7.11 Å². The molecule has 3 aromatic rings. The van der Waals surface area contributed by atoms with Crippen molar-refractivity contribution in [3.8, 4) is 11.5 Å². The van der Waals surface area contributed by atoms with Crippen molar-refractivity contribution in [2.75, 3.05) is 24.3 Å². The van der Waals surface area contributed by atoms with Gasteiger partial charge in [0.2, 0.25) is 0 Å². The Morgan fingerprint density at radius 2 is 1.76 bits per heavy atom. The van der Waals surface area contributed by atoms with Gasteiger partial charge < -0.3 is 25.0 Å². The molecule has 4 rings (SSSR count). The Labute approximate surface area is 193 Å². The Bertz CT molecular complexity index is 1130. The van der Waals surface area contributed by atoms with Crippen LogP contribution < -0.4 is 20.1 Å². The molecule has 3 amide bonds. The van der Waals surface area contributed by atoms with Crippen LogP contribution >= 0.6 is 0 Å². The number of ether oxygens (including phenoxy) is 2. The normalized spacial score (nSPS) is 15.2. The van der Waals surface area contributed by atoms with Gasteiger partial charge in [-0.3, -0.25) is 4.79 Å². The minimum Gasteiger partial charge on any atom is -0.496 e. The second kappa shape index (κ2) is 10.1. The summed E-state index contributed by atoms with van der Waals surface area (Å²) in [4.78, 5) is 27.1. The Balaban J connectivity index is 1.48. The maximum atomic E-state index is 12.9. The fourth-order valence-corrected chi connectivity index (χ4v) is 3.85. The molecule has 0 fully saturated rings. The fraction of sp³-hybridized carbons (Fsp3) is 0.231. The van der Waals surface area contributed by atoms with E-state index in [1.807, 2.05) is 60.7 Å². The topological polar surface area (TPSA) is 79.9 Å². The third-order valence-corrected chi connectivity index (χ3v) is 5.52. The third-order valence-electron chi connectivity index (χ3n) is 5.52. The first-order chi connectivity index (χ1) is 16.0. The summed E-state index contributed by atoms with van der Waals surface area (Å²) in [5.74, 6) is 1.38. The van der Waals surface area contributed by atoms with Crippen molar-refractivity contribution in [3.05, 3.63) is 83.9 Å². The highest BCUT2D eigenvalue weighted by Gasteiger charge is 2.28. The fourth-order valence-electron chi connectivity index (χ4n) is 3.85. The van der Waals surface area contributed by atoms with Gasteiger partial charge in [-0.2, -0.15) is 0 Å². The quantitative estimate of drug-likeness (QED) is 0.577. The number of fused-ring (bicyclic) bond motifs is 1. The predicted molar refractivity (Wildman–Crippen MR) is 128 cm³/mol. The molecule has 0 aromatic heterocycles. The van der Waals surface area contributed by atoms with E-state index >= 15 is 0 Å². The highest BCUT2D eigenvalue weighted by molar-refractivity contribution is 5.99. The first kappa shape index (κ1) is 22.2. The van der Waals surface area contributed by atoms with E-state index in [1.165, 1.54) is 0 Å². The molecule has 1 aliphatic rings. The number of rotatable bonds is 6. The number of benzene rings is 3. The van der Waals surface area contributed by atoms with Gasteiger partial charge in [-0.15, -0.1) is 0 Å². The number of nitrogens with zero attached hydrogens (tertiary/aromatic N) is 1. The summed E-state index contributed by atoms with van der Waals surface area (Å²) in [7, 11) is 1.64. The zero-order valence-corrected chi connectivity index (χ0v) is 18.7. The maximum Gasteiger partial charge on any atom is 0.323 e. The maximum absolute atomic E-state index is 12.9. The molecule has 7 nitrogen and oxygen atoms in total. The van der Waals surface area contributed by atoms with E-state index in [1.54, 1.807) is 31.1 Å². The molecule has 1 heterocycles. The Morgan fingerprint density at radius 1 is 1.03 bits per heavy atom. The summed E-state index contributed by atoms with van der Waals surface area (Å²) >= 11 is 0. The smallest absolute Gasteiger partial charge is 0.323 e. The van der Waals surface area contributed by atoms with E-state index in [9.17, 15) is 9.59 Å². The Hall–Kier alpha value is -4.00. The van der Waals surface area contributed by atoms with Crippen molar-refractivity contribution in [2.45, 2.75) is 26.0 Å². The summed E-state index contributed by atoms with van der Waals surface area (Å²) in [6.07, 6.45) is 0.0685. The zero-order chi connectivity index (χ0) is 23.2. The zero-order valence-electron chi connectivity index (χ0n) is 18.7. The number of hydrogen-bond donors (Lipinski definition) is 2. The van der Waals surface area contributed by atoms with Crippen molar-refractivity contribution in [1.29, 1.82) is 0 Å². The lowest BCUT2D eigenvalue weighted by atomic mass is 10.1. The summed E-state index contributed by atoms with van der Waals surface area (Å²) in [6, 6.07) is 22.1. The van der Waals surface area contributed by atoms with Gasteiger partial charge in [-0.25, -0.2) is 4.79 Å². The van der Waals surface area contributed by atoms with Crippen LogP contribution in [0.15, 0.2) is 72.8 Å². The molecule has 1 aliphatic heterocycles. The molecule has 2 N–H and O–H groups in total. The van der Waals surface area contributed by atoms with Gasteiger partial charge in [0.25, 0.3) is 5.91 Å². The van der Waals surface area contributed by atoms with Crippen LogP contribution in [0, 0.1) is 0 Å². The molecule has 1 unspecified atom stereocenters. The molecule has 33 heavy (non-hydrogen) atoms. The Kier molecular flexibility index (Phi) is 6.78. The molecule has 0 aliphatic carbocycles. The lowest BCUT2D eigenvalue weighted by Crippen LogP contribution is -2.39. The predicted octanol–water partition coefficient (Wildman–Crippen LogP) is 4.69. The van der Waals surface area contributed by atoms with Crippen LogP contribution in [0.4, 0.5) is 16.2 Å². The van der Waals surface area contributed by atoms with Crippen LogP contribution in [0.2, 0.25) is 0 Å². The second-order valence-electron chi connectivity index (χ2n) is 7.85. The van der Waals surface area contributed by atoms with Crippen LogP contribution in [-0.2, 0) is 17.8 Å². The SMILES string of the molecule is COc1ccccc1CCN1Cc2cc(NC(=O)Nc3ccccc3)ccc2OC(C)C1=O. The van der Waals surface area contributed by atoms with E-state index < -0.39 is 6.10 Å². The van der Waals surface area contributed by atoms with Crippen molar-refractivity contribution in [3.63, 3.8) is 0 Å².